The Morgan fingerprint density at radius 1 is 1.12 bits per heavy atom. The molecule has 1 aromatic rings. The summed E-state index contributed by atoms with van der Waals surface area (Å²) in [4.78, 5) is 12.1. The van der Waals surface area contributed by atoms with Gasteiger partial charge in [-0.3, -0.25) is 10.00 Å². The van der Waals surface area contributed by atoms with E-state index in [1.54, 1.807) is 7.05 Å². The van der Waals surface area contributed by atoms with Gasteiger partial charge in [-0.2, -0.15) is 5.10 Å². The smallest absolute Gasteiger partial charge is 0.413 e. The molecule has 0 spiro atoms. The fourth-order valence-corrected chi connectivity index (χ4v) is 3.93. The first kappa shape index (κ1) is 17.6. The molecule has 1 heterocycles. The van der Waals surface area contributed by atoms with Gasteiger partial charge in [0.2, 0.25) is 5.92 Å². The van der Waals surface area contributed by atoms with Crippen molar-refractivity contribution >= 4 is 11.9 Å². The number of hydrogen-bond donors (Lipinski definition) is 1. The molecule has 3 fully saturated rings. The van der Waals surface area contributed by atoms with Crippen LogP contribution in [0.3, 0.4) is 0 Å². The number of rotatable bonds is 4. The minimum absolute atomic E-state index is 0.177. The van der Waals surface area contributed by atoms with E-state index < -0.39 is 36.9 Å². The zero-order valence-corrected chi connectivity index (χ0v) is 14.4. The Morgan fingerprint density at radius 2 is 1.73 bits per heavy atom. The van der Waals surface area contributed by atoms with Crippen molar-refractivity contribution in [3.05, 3.63) is 11.3 Å². The number of nitrogens with zero attached hydrogens (tertiary/aromatic N) is 2. The molecule has 4 rings (SSSR count). The Labute approximate surface area is 148 Å². The Kier molecular flexibility index (Phi) is 3.96. The molecule has 1 amide bonds. The van der Waals surface area contributed by atoms with Gasteiger partial charge < -0.3 is 4.74 Å². The molecule has 0 aliphatic heterocycles. The third kappa shape index (κ3) is 3.16. The van der Waals surface area contributed by atoms with Crippen molar-refractivity contribution in [2.45, 2.75) is 74.7 Å². The van der Waals surface area contributed by atoms with Crippen LogP contribution in [-0.2, 0) is 11.8 Å². The largest absolute Gasteiger partial charge is 0.445 e. The predicted octanol–water partition coefficient (Wildman–Crippen LogP) is 4.55. The van der Waals surface area contributed by atoms with Gasteiger partial charge in [0.15, 0.2) is 0 Å². The first-order valence-electron chi connectivity index (χ1n) is 8.94. The molecule has 1 aromatic heterocycles. The second kappa shape index (κ2) is 5.85. The second-order valence-corrected chi connectivity index (χ2v) is 7.78. The van der Waals surface area contributed by atoms with Gasteiger partial charge in [-0.05, 0) is 18.8 Å². The van der Waals surface area contributed by atoms with E-state index in [0.29, 0.717) is 11.5 Å². The van der Waals surface area contributed by atoms with Crippen LogP contribution in [0.5, 0.6) is 0 Å². The molecule has 3 aliphatic carbocycles. The van der Waals surface area contributed by atoms with E-state index in [9.17, 15) is 22.4 Å². The lowest BCUT2D eigenvalue weighted by molar-refractivity contribution is -0.142. The molecule has 144 valence electrons. The number of aryl methyl sites for hydroxylation is 1. The van der Waals surface area contributed by atoms with Gasteiger partial charge in [0, 0.05) is 44.2 Å². The topological polar surface area (TPSA) is 56.2 Å². The first-order valence-corrected chi connectivity index (χ1v) is 8.94. The van der Waals surface area contributed by atoms with Crippen molar-refractivity contribution in [1.29, 1.82) is 0 Å². The number of hydrogen-bond acceptors (Lipinski definition) is 3. The monoisotopic (exact) mass is 375 g/mol. The lowest BCUT2D eigenvalue weighted by Crippen LogP contribution is -2.43. The van der Waals surface area contributed by atoms with Crippen LogP contribution in [0.2, 0.25) is 0 Å². The number of ether oxygens (including phenoxy) is 1. The molecule has 1 N–H and O–H groups in total. The van der Waals surface area contributed by atoms with Crippen LogP contribution >= 0.6 is 0 Å². The number of carbonyl (C=O) groups is 1. The zero-order valence-electron chi connectivity index (χ0n) is 14.4. The molecule has 26 heavy (non-hydrogen) atoms. The lowest BCUT2D eigenvalue weighted by atomic mass is 9.73. The van der Waals surface area contributed by atoms with Crippen molar-refractivity contribution in [2.75, 3.05) is 5.32 Å². The summed E-state index contributed by atoms with van der Waals surface area (Å²) in [6.45, 7) is 0. The molecule has 0 radical (unpaired) electrons. The number of carbonyl (C=O) groups excluding carboxylic acids is 1. The van der Waals surface area contributed by atoms with E-state index in [0.717, 1.165) is 24.8 Å². The molecule has 9 heteroatoms. The first-order chi connectivity index (χ1) is 12.1. The van der Waals surface area contributed by atoms with Crippen LogP contribution in [0.25, 0.3) is 0 Å². The van der Waals surface area contributed by atoms with E-state index >= 15 is 0 Å². The molecule has 0 atom stereocenters. The summed E-state index contributed by atoms with van der Waals surface area (Å²) in [5.41, 5.74) is 1.42. The van der Waals surface area contributed by atoms with Crippen molar-refractivity contribution in [1.82, 2.24) is 9.78 Å². The van der Waals surface area contributed by atoms with Crippen LogP contribution in [0, 0.1) is 0 Å². The van der Waals surface area contributed by atoms with Crippen molar-refractivity contribution in [3.63, 3.8) is 0 Å². The Morgan fingerprint density at radius 3 is 2.23 bits per heavy atom. The highest BCUT2D eigenvalue weighted by atomic mass is 19.3. The third-order valence-corrected chi connectivity index (χ3v) is 5.65. The van der Waals surface area contributed by atoms with Crippen molar-refractivity contribution < 1.29 is 27.1 Å². The van der Waals surface area contributed by atoms with Crippen molar-refractivity contribution in [2.24, 2.45) is 7.05 Å². The second-order valence-electron chi connectivity index (χ2n) is 7.78. The van der Waals surface area contributed by atoms with Gasteiger partial charge in [0.25, 0.3) is 5.92 Å². The van der Waals surface area contributed by atoms with Crippen LogP contribution in [-0.4, -0.2) is 33.8 Å². The molecular formula is C17H21F4N3O2. The number of amides is 1. The maximum Gasteiger partial charge on any atom is 0.413 e. The van der Waals surface area contributed by atoms with E-state index in [-0.39, 0.29) is 24.7 Å². The van der Waals surface area contributed by atoms with Gasteiger partial charge >= 0.3 is 6.09 Å². The summed E-state index contributed by atoms with van der Waals surface area (Å²) in [5, 5.41) is 6.99. The molecule has 5 nitrogen and oxygen atoms in total. The highest BCUT2D eigenvalue weighted by molar-refractivity contribution is 5.85. The summed E-state index contributed by atoms with van der Waals surface area (Å²) in [6, 6.07) is 0. The Hall–Kier alpha value is -1.80. The maximum atomic E-state index is 13.3. The maximum absolute atomic E-state index is 13.3. The molecule has 3 aliphatic rings. The predicted molar refractivity (Wildman–Crippen MR) is 84.8 cm³/mol. The summed E-state index contributed by atoms with van der Waals surface area (Å²) < 4.78 is 58.8. The van der Waals surface area contributed by atoms with Crippen LogP contribution in [0.15, 0.2) is 0 Å². The lowest BCUT2D eigenvalue weighted by Gasteiger charge is -2.36. The minimum atomic E-state index is -2.77. The highest BCUT2D eigenvalue weighted by Gasteiger charge is 2.49. The molecule has 0 bridgehead atoms. The Bertz CT molecular complexity index is 714. The van der Waals surface area contributed by atoms with E-state index in [4.69, 9.17) is 4.74 Å². The van der Waals surface area contributed by atoms with Gasteiger partial charge in [-0.25, -0.2) is 22.4 Å². The standard InChI is InChI=1S/C17H21F4N3O2/c1-24-14(22-15(25)26-11-7-17(20,21)8-11)12(9-3-2-4-9)13(23-24)10-5-16(18,19)6-10/h9-11H,2-8H2,1H3,(H,22,25). The number of nitrogens with one attached hydrogen (secondary N) is 1. The third-order valence-electron chi connectivity index (χ3n) is 5.65. The summed E-state index contributed by atoms with van der Waals surface area (Å²) >= 11 is 0. The molecular weight excluding hydrogens is 354 g/mol. The SMILES string of the molecule is Cn1nc(C2CC(F)(F)C2)c(C2CCC2)c1NC(=O)OC1CC(F)(F)C1. The van der Waals surface area contributed by atoms with Gasteiger partial charge in [-0.1, -0.05) is 6.42 Å². The summed E-state index contributed by atoms with van der Waals surface area (Å²) in [7, 11) is 1.63. The van der Waals surface area contributed by atoms with E-state index in [1.165, 1.54) is 4.68 Å². The average Bonchev–Trinajstić information content (AvgIpc) is 2.70. The number of anilines is 1. The molecule has 0 unspecified atom stereocenters. The quantitative estimate of drug-likeness (QED) is 0.786. The number of alkyl halides is 4. The summed E-state index contributed by atoms with van der Waals surface area (Å²) in [5.74, 6) is -5.13. The van der Waals surface area contributed by atoms with Crippen molar-refractivity contribution in [3.8, 4) is 0 Å². The molecule has 0 saturated heterocycles. The molecule has 0 aromatic carbocycles. The van der Waals surface area contributed by atoms with Crippen LogP contribution in [0.4, 0.5) is 28.2 Å². The normalized spacial score (nSPS) is 25.1. The highest BCUT2D eigenvalue weighted by Crippen LogP contribution is 2.52. The van der Waals surface area contributed by atoms with Crippen LogP contribution in [0.1, 0.15) is 68.0 Å². The Balaban J connectivity index is 1.50. The van der Waals surface area contributed by atoms with Gasteiger partial charge in [-0.15, -0.1) is 0 Å². The minimum Gasteiger partial charge on any atom is -0.445 e. The fraction of sp³-hybridized carbons (Fsp3) is 0.765. The summed E-state index contributed by atoms with van der Waals surface area (Å²) in [6.07, 6.45) is -0.125. The number of aromatic nitrogens is 2. The van der Waals surface area contributed by atoms with Gasteiger partial charge in [0.05, 0.1) is 5.69 Å². The molecule has 3 saturated carbocycles. The van der Waals surface area contributed by atoms with Crippen LogP contribution < -0.4 is 5.32 Å². The zero-order chi connectivity index (χ0) is 18.7. The van der Waals surface area contributed by atoms with Gasteiger partial charge in [0.1, 0.15) is 11.9 Å². The number of halogens is 4. The fourth-order valence-electron chi connectivity index (χ4n) is 3.93. The average molecular weight is 375 g/mol. The van der Waals surface area contributed by atoms with E-state index in [1.807, 2.05) is 0 Å². The van der Waals surface area contributed by atoms with E-state index in [2.05, 4.69) is 10.4 Å².